The van der Waals surface area contributed by atoms with Gasteiger partial charge in [-0.15, -0.1) is 0 Å². The number of aliphatic hydroxyl groups is 1. The highest BCUT2D eigenvalue weighted by atomic mass is 16.5. The minimum Gasteiger partial charge on any atom is -0.491 e. The fraction of sp³-hybridized carbons (Fsp3) is 0.647. The molecule has 0 unspecified atom stereocenters. The van der Waals surface area contributed by atoms with Crippen molar-refractivity contribution in [2.75, 3.05) is 6.61 Å². The van der Waals surface area contributed by atoms with Crippen molar-refractivity contribution in [1.29, 1.82) is 0 Å². The maximum atomic E-state index is 10.4. The van der Waals surface area contributed by atoms with E-state index in [0.29, 0.717) is 6.61 Å². The Hall–Kier alpha value is -1.06. The summed E-state index contributed by atoms with van der Waals surface area (Å²) in [5.74, 6) is 0.874. The van der Waals surface area contributed by atoms with Gasteiger partial charge in [-0.1, -0.05) is 31.4 Å². The van der Waals surface area contributed by atoms with Gasteiger partial charge in [0.25, 0.3) is 0 Å². The number of rotatable bonds is 6. The molecule has 3 heteroatoms. The van der Waals surface area contributed by atoms with E-state index >= 15 is 0 Å². The Bertz CT molecular complexity index is 436. The number of benzene rings is 1. The summed E-state index contributed by atoms with van der Waals surface area (Å²) in [5, 5.41) is 14.0. The van der Waals surface area contributed by atoms with E-state index in [9.17, 15) is 5.11 Å². The molecular formula is C17H25NO2. The molecule has 2 fully saturated rings. The maximum absolute atomic E-state index is 10.4. The van der Waals surface area contributed by atoms with Gasteiger partial charge in [-0.25, -0.2) is 0 Å². The predicted octanol–water partition coefficient (Wildman–Crippen LogP) is 3.01. The van der Waals surface area contributed by atoms with Gasteiger partial charge in [-0.2, -0.15) is 0 Å². The molecule has 2 N–H and O–H groups in total. The highest BCUT2D eigenvalue weighted by molar-refractivity contribution is 5.28. The molecule has 0 radical (unpaired) electrons. The second kappa shape index (κ2) is 6.15. The molecule has 0 aromatic heterocycles. The number of ether oxygens (including phenoxy) is 1. The van der Waals surface area contributed by atoms with Crippen molar-refractivity contribution in [3.63, 3.8) is 0 Å². The molecule has 0 aliphatic heterocycles. The average Bonchev–Trinajstić information content (AvgIpc) is 3.29. The standard InChI is InChI=1S/C17H25NO2/c19-17(9-2-1-3-10-17)13-20-16-6-4-5-14(11-16)12-18-15-7-8-15/h4-6,11,15,18-19H,1-3,7-10,12-13H2. The van der Waals surface area contributed by atoms with Gasteiger partial charge < -0.3 is 15.2 Å². The van der Waals surface area contributed by atoms with Crippen molar-refractivity contribution in [1.82, 2.24) is 5.32 Å². The van der Waals surface area contributed by atoms with Crippen LogP contribution in [-0.4, -0.2) is 23.4 Å². The number of hydrogen-bond acceptors (Lipinski definition) is 3. The second-order valence-electron chi connectivity index (χ2n) is 6.38. The minimum absolute atomic E-state index is 0.423. The largest absolute Gasteiger partial charge is 0.491 e. The molecule has 0 amide bonds. The van der Waals surface area contributed by atoms with Crippen LogP contribution in [0.4, 0.5) is 0 Å². The Kier molecular flexibility index (Phi) is 4.27. The first kappa shape index (κ1) is 13.9. The van der Waals surface area contributed by atoms with Crippen LogP contribution in [0, 0.1) is 0 Å². The number of nitrogens with one attached hydrogen (secondary N) is 1. The summed E-state index contributed by atoms with van der Waals surface area (Å²) < 4.78 is 5.83. The second-order valence-corrected chi connectivity index (χ2v) is 6.38. The lowest BCUT2D eigenvalue weighted by Gasteiger charge is -2.31. The van der Waals surface area contributed by atoms with E-state index in [1.165, 1.54) is 24.8 Å². The summed E-state index contributed by atoms with van der Waals surface area (Å²) in [6, 6.07) is 8.94. The van der Waals surface area contributed by atoms with Crippen LogP contribution in [0.5, 0.6) is 5.75 Å². The monoisotopic (exact) mass is 275 g/mol. The molecule has 20 heavy (non-hydrogen) atoms. The van der Waals surface area contributed by atoms with Crippen LogP contribution in [0.2, 0.25) is 0 Å². The Labute approximate surface area is 121 Å². The Balaban J connectivity index is 1.52. The fourth-order valence-electron chi connectivity index (χ4n) is 2.87. The third kappa shape index (κ3) is 3.97. The summed E-state index contributed by atoms with van der Waals surface area (Å²) in [6.45, 7) is 1.33. The van der Waals surface area contributed by atoms with Crippen LogP contribution in [-0.2, 0) is 6.54 Å². The molecule has 1 aromatic carbocycles. The zero-order valence-electron chi connectivity index (χ0n) is 12.1. The van der Waals surface area contributed by atoms with Crippen molar-refractivity contribution in [2.45, 2.75) is 63.1 Å². The van der Waals surface area contributed by atoms with E-state index in [2.05, 4.69) is 17.4 Å². The molecule has 2 saturated carbocycles. The van der Waals surface area contributed by atoms with Crippen LogP contribution < -0.4 is 10.1 Å². The first-order chi connectivity index (χ1) is 9.73. The Morgan fingerprint density at radius 1 is 1.20 bits per heavy atom. The molecule has 3 rings (SSSR count). The van der Waals surface area contributed by atoms with Gasteiger partial charge in [0, 0.05) is 12.6 Å². The van der Waals surface area contributed by atoms with Gasteiger partial charge in [-0.3, -0.25) is 0 Å². The molecule has 0 spiro atoms. The molecule has 3 nitrogen and oxygen atoms in total. The molecule has 0 atom stereocenters. The molecule has 1 aromatic rings. The fourth-order valence-corrected chi connectivity index (χ4v) is 2.87. The van der Waals surface area contributed by atoms with Crippen LogP contribution in [0.3, 0.4) is 0 Å². The van der Waals surface area contributed by atoms with E-state index in [-0.39, 0.29) is 0 Å². The van der Waals surface area contributed by atoms with Crippen molar-refractivity contribution in [2.24, 2.45) is 0 Å². The average molecular weight is 275 g/mol. The van der Waals surface area contributed by atoms with Crippen molar-refractivity contribution in [3.8, 4) is 5.75 Å². The Morgan fingerprint density at radius 3 is 2.75 bits per heavy atom. The SMILES string of the molecule is OC1(COc2cccc(CNC3CC3)c2)CCCCC1. The van der Waals surface area contributed by atoms with Crippen LogP contribution in [0.25, 0.3) is 0 Å². The van der Waals surface area contributed by atoms with Crippen LogP contribution >= 0.6 is 0 Å². The molecule has 0 bridgehead atoms. The quantitative estimate of drug-likeness (QED) is 0.838. The van der Waals surface area contributed by atoms with E-state index in [1.807, 2.05) is 12.1 Å². The summed E-state index contributed by atoms with van der Waals surface area (Å²) in [6.07, 6.45) is 7.83. The lowest BCUT2D eigenvalue weighted by atomic mass is 9.85. The summed E-state index contributed by atoms with van der Waals surface area (Å²) in [7, 11) is 0. The van der Waals surface area contributed by atoms with Gasteiger partial charge >= 0.3 is 0 Å². The summed E-state index contributed by atoms with van der Waals surface area (Å²) in [5.41, 5.74) is 0.644. The predicted molar refractivity (Wildman–Crippen MR) is 79.8 cm³/mol. The molecule has 2 aliphatic carbocycles. The van der Waals surface area contributed by atoms with E-state index in [1.54, 1.807) is 0 Å². The molecule has 2 aliphatic rings. The van der Waals surface area contributed by atoms with Gasteiger partial charge in [0.15, 0.2) is 0 Å². The van der Waals surface area contributed by atoms with E-state index < -0.39 is 5.60 Å². The lowest BCUT2D eigenvalue weighted by Crippen LogP contribution is -2.37. The topological polar surface area (TPSA) is 41.5 Å². The minimum atomic E-state index is -0.611. The summed E-state index contributed by atoms with van der Waals surface area (Å²) in [4.78, 5) is 0. The van der Waals surface area contributed by atoms with E-state index in [0.717, 1.165) is 44.0 Å². The van der Waals surface area contributed by atoms with Gasteiger partial charge in [-0.05, 0) is 43.4 Å². The van der Waals surface area contributed by atoms with Crippen molar-refractivity contribution >= 4 is 0 Å². The van der Waals surface area contributed by atoms with Gasteiger partial charge in [0.1, 0.15) is 12.4 Å². The van der Waals surface area contributed by atoms with E-state index in [4.69, 9.17) is 4.74 Å². The van der Waals surface area contributed by atoms with Gasteiger partial charge in [0.05, 0.1) is 5.60 Å². The molecule has 0 heterocycles. The van der Waals surface area contributed by atoms with Crippen LogP contribution in [0.1, 0.15) is 50.5 Å². The first-order valence-electron chi connectivity index (χ1n) is 7.91. The molecular weight excluding hydrogens is 250 g/mol. The number of hydrogen-bond donors (Lipinski definition) is 2. The zero-order valence-corrected chi connectivity index (χ0v) is 12.1. The van der Waals surface area contributed by atoms with Crippen molar-refractivity contribution < 1.29 is 9.84 Å². The van der Waals surface area contributed by atoms with Crippen molar-refractivity contribution in [3.05, 3.63) is 29.8 Å². The maximum Gasteiger partial charge on any atom is 0.119 e. The lowest BCUT2D eigenvalue weighted by molar-refractivity contribution is -0.0339. The summed E-state index contributed by atoms with van der Waals surface area (Å²) >= 11 is 0. The first-order valence-corrected chi connectivity index (χ1v) is 7.91. The zero-order chi connectivity index (χ0) is 13.8. The smallest absolute Gasteiger partial charge is 0.119 e. The highest BCUT2D eigenvalue weighted by Gasteiger charge is 2.30. The van der Waals surface area contributed by atoms with Crippen LogP contribution in [0.15, 0.2) is 24.3 Å². The third-order valence-electron chi connectivity index (χ3n) is 4.36. The Morgan fingerprint density at radius 2 is 2.00 bits per heavy atom. The third-order valence-corrected chi connectivity index (χ3v) is 4.36. The molecule has 0 saturated heterocycles. The highest BCUT2D eigenvalue weighted by Crippen LogP contribution is 2.29. The molecule has 110 valence electrons. The normalized spacial score (nSPS) is 21.6. The van der Waals surface area contributed by atoms with Gasteiger partial charge in [0.2, 0.25) is 0 Å².